The molecule has 28 heavy (non-hydrogen) atoms. The molecule has 2 aromatic carbocycles. The summed E-state index contributed by atoms with van der Waals surface area (Å²) in [6.45, 7) is 2.04. The Morgan fingerprint density at radius 3 is 2.39 bits per heavy atom. The summed E-state index contributed by atoms with van der Waals surface area (Å²) < 4.78 is 42.0. The highest BCUT2D eigenvalue weighted by Crippen LogP contribution is 2.24. The first kappa shape index (κ1) is 19.4. The van der Waals surface area contributed by atoms with Crippen molar-refractivity contribution in [2.45, 2.75) is 19.7 Å². The van der Waals surface area contributed by atoms with Crippen LogP contribution in [0, 0.1) is 0 Å². The zero-order valence-corrected chi connectivity index (χ0v) is 14.9. The van der Waals surface area contributed by atoms with Gasteiger partial charge in [0.05, 0.1) is 5.69 Å². The van der Waals surface area contributed by atoms with Crippen LogP contribution in [-0.2, 0) is 11.2 Å². The van der Waals surface area contributed by atoms with Crippen LogP contribution in [0.4, 0.5) is 13.2 Å². The summed E-state index contributed by atoms with van der Waals surface area (Å²) in [5.41, 5.74) is 2.43. The van der Waals surface area contributed by atoms with Gasteiger partial charge in [-0.15, -0.1) is 18.3 Å². The van der Waals surface area contributed by atoms with Crippen molar-refractivity contribution < 1.29 is 22.7 Å². The highest BCUT2D eigenvalue weighted by Gasteiger charge is 2.30. The fourth-order valence-corrected chi connectivity index (χ4v) is 2.52. The van der Waals surface area contributed by atoms with E-state index >= 15 is 0 Å². The van der Waals surface area contributed by atoms with Crippen molar-refractivity contribution in [2.24, 2.45) is 0 Å². The number of halogens is 3. The van der Waals surface area contributed by atoms with E-state index < -0.39 is 6.36 Å². The predicted octanol–water partition coefficient (Wildman–Crippen LogP) is 3.51. The van der Waals surface area contributed by atoms with Gasteiger partial charge in [-0.05, 0) is 36.2 Å². The summed E-state index contributed by atoms with van der Waals surface area (Å²) in [5.74, 6) is 0.125. The Labute approximate surface area is 159 Å². The highest BCUT2D eigenvalue weighted by atomic mass is 19.4. The van der Waals surface area contributed by atoms with Crippen LogP contribution in [0.5, 0.6) is 5.75 Å². The molecule has 0 spiro atoms. The van der Waals surface area contributed by atoms with Gasteiger partial charge in [0.2, 0.25) is 5.91 Å². The third-order valence-electron chi connectivity index (χ3n) is 3.83. The van der Waals surface area contributed by atoms with Crippen molar-refractivity contribution in [2.75, 3.05) is 6.54 Å². The zero-order valence-electron chi connectivity index (χ0n) is 14.9. The molecule has 1 aromatic heterocycles. The third-order valence-corrected chi connectivity index (χ3v) is 3.83. The van der Waals surface area contributed by atoms with E-state index in [2.05, 4.69) is 20.1 Å². The summed E-state index contributed by atoms with van der Waals surface area (Å²) in [5, 5.41) is 7.10. The molecule has 1 amide bonds. The number of ether oxygens (including phenoxy) is 1. The minimum Gasteiger partial charge on any atom is -0.406 e. The van der Waals surface area contributed by atoms with Crippen molar-refractivity contribution >= 4 is 5.91 Å². The quantitative estimate of drug-likeness (QED) is 0.699. The number of carbonyl (C=O) groups excluding carboxylic acids is 1. The first-order valence-electron chi connectivity index (χ1n) is 8.42. The van der Waals surface area contributed by atoms with Gasteiger partial charge in [0.1, 0.15) is 12.1 Å². The summed E-state index contributed by atoms with van der Waals surface area (Å²) in [6.07, 6.45) is -2.52. The number of rotatable bonds is 6. The molecule has 1 heterocycles. The monoisotopic (exact) mass is 390 g/mol. The molecule has 0 bridgehead atoms. The van der Waals surface area contributed by atoms with Gasteiger partial charge in [-0.25, -0.2) is 9.67 Å². The van der Waals surface area contributed by atoms with Crippen molar-refractivity contribution in [3.8, 4) is 22.8 Å². The molecule has 0 unspecified atom stereocenters. The van der Waals surface area contributed by atoms with Crippen LogP contribution in [0.3, 0.4) is 0 Å². The van der Waals surface area contributed by atoms with E-state index in [0.717, 1.165) is 11.1 Å². The largest absolute Gasteiger partial charge is 0.573 e. The van der Waals surface area contributed by atoms with Crippen LogP contribution in [0.1, 0.15) is 12.5 Å². The summed E-state index contributed by atoms with van der Waals surface area (Å²) >= 11 is 0. The van der Waals surface area contributed by atoms with Crippen LogP contribution < -0.4 is 10.1 Å². The number of amides is 1. The lowest BCUT2D eigenvalue weighted by Gasteiger charge is -2.09. The molecule has 0 saturated heterocycles. The zero-order chi connectivity index (χ0) is 20.1. The number of nitrogens with one attached hydrogen (secondary N) is 1. The molecular formula is C19H17F3N4O2. The Morgan fingerprint density at radius 2 is 1.79 bits per heavy atom. The van der Waals surface area contributed by atoms with E-state index in [0.29, 0.717) is 24.5 Å². The highest BCUT2D eigenvalue weighted by molar-refractivity contribution is 5.72. The number of carbonyl (C=O) groups is 1. The Bertz CT molecular complexity index is 935. The molecule has 3 rings (SSSR count). The molecule has 1 N–H and O–H groups in total. The SMILES string of the molecule is CC(=O)NCCc1ccc(-c2ncn(-c3ccc(OC(F)(F)F)cc3)n2)cc1. The van der Waals surface area contributed by atoms with Gasteiger partial charge in [-0.2, -0.15) is 0 Å². The van der Waals surface area contributed by atoms with E-state index in [1.54, 1.807) is 0 Å². The lowest BCUT2D eigenvalue weighted by atomic mass is 10.1. The maximum Gasteiger partial charge on any atom is 0.573 e. The molecule has 6 nitrogen and oxygen atoms in total. The average Bonchev–Trinajstić information content (AvgIpc) is 3.11. The van der Waals surface area contributed by atoms with Gasteiger partial charge in [-0.3, -0.25) is 4.79 Å². The molecule has 0 atom stereocenters. The molecule has 146 valence electrons. The fourth-order valence-electron chi connectivity index (χ4n) is 2.52. The molecule has 3 aromatic rings. The summed E-state index contributed by atoms with van der Waals surface area (Å²) in [4.78, 5) is 15.1. The molecule has 0 fully saturated rings. The van der Waals surface area contributed by atoms with Gasteiger partial charge in [0.25, 0.3) is 0 Å². The molecule has 9 heteroatoms. The smallest absolute Gasteiger partial charge is 0.406 e. The topological polar surface area (TPSA) is 69.0 Å². The number of alkyl halides is 3. The van der Waals surface area contributed by atoms with E-state index in [1.165, 1.54) is 42.2 Å². The van der Waals surface area contributed by atoms with E-state index in [1.807, 2.05) is 24.3 Å². The second kappa shape index (κ2) is 8.12. The minimum atomic E-state index is -4.73. The maximum absolute atomic E-state index is 12.2. The molecule has 0 aliphatic carbocycles. The predicted molar refractivity (Wildman–Crippen MR) is 95.9 cm³/mol. The average molecular weight is 390 g/mol. The van der Waals surface area contributed by atoms with Crippen molar-refractivity contribution in [3.63, 3.8) is 0 Å². The van der Waals surface area contributed by atoms with Crippen LogP contribution in [0.2, 0.25) is 0 Å². The first-order chi connectivity index (χ1) is 13.3. The second-order valence-corrected chi connectivity index (χ2v) is 5.98. The fraction of sp³-hybridized carbons (Fsp3) is 0.211. The Morgan fingerprint density at radius 1 is 1.11 bits per heavy atom. The number of hydrogen-bond acceptors (Lipinski definition) is 4. The lowest BCUT2D eigenvalue weighted by molar-refractivity contribution is -0.274. The maximum atomic E-state index is 12.2. The van der Waals surface area contributed by atoms with Crippen LogP contribution in [0.15, 0.2) is 54.9 Å². The van der Waals surface area contributed by atoms with Crippen molar-refractivity contribution in [3.05, 3.63) is 60.4 Å². The van der Waals surface area contributed by atoms with E-state index in [4.69, 9.17) is 0 Å². The second-order valence-electron chi connectivity index (χ2n) is 5.98. The number of hydrogen-bond donors (Lipinski definition) is 1. The molecule has 0 radical (unpaired) electrons. The molecular weight excluding hydrogens is 373 g/mol. The minimum absolute atomic E-state index is 0.0654. The van der Waals surface area contributed by atoms with Gasteiger partial charge in [0, 0.05) is 19.0 Å². The van der Waals surface area contributed by atoms with Crippen LogP contribution in [0.25, 0.3) is 17.1 Å². The molecule has 0 aliphatic rings. The number of nitrogens with zero attached hydrogens (tertiary/aromatic N) is 3. The standard InChI is InChI=1S/C19H17F3N4O2/c1-13(27)23-11-10-14-2-4-15(5-3-14)18-24-12-26(25-18)16-6-8-17(9-7-16)28-19(20,21)22/h2-9,12H,10-11H2,1H3,(H,23,27). The Hall–Kier alpha value is -3.36. The molecule has 0 saturated carbocycles. The molecule has 0 aliphatic heterocycles. The van der Waals surface area contributed by atoms with E-state index in [9.17, 15) is 18.0 Å². The van der Waals surface area contributed by atoms with Gasteiger partial charge >= 0.3 is 6.36 Å². The van der Waals surface area contributed by atoms with Gasteiger partial charge in [0.15, 0.2) is 5.82 Å². The summed E-state index contributed by atoms with van der Waals surface area (Å²) in [6, 6.07) is 13.0. The Balaban J connectivity index is 1.67. The third kappa shape index (κ3) is 5.32. The van der Waals surface area contributed by atoms with Crippen molar-refractivity contribution in [1.82, 2.24) is 20.1 Å². The lowest BCUT2D eigenvalue weighted by Crippen LogP contribution is -2.22. The van der Waals surface area contributed by atoms with Gasteiger partial charge in [-0.1, -0.05) is 24.3 Å². The Kier molecular flexibility index (Phi) is 5.62. The van der Waals surface area contributed by atoms with Crippen LogP contribution in [-0.4, -0.2) is 33.6 Å². The normalized spacial score (nSPS) is 11.3. The van der Waals surface area contributed by atoms with E-state index in [-0.39, 0.29) is 11.7 Å². The number of benzene rings is 2. The number of aromatic nitrogens is 3. The van der Waals surface area contributed by atoms with Crippen LogP contribution >= 0.6 is 0 Å². The summed E-state index contributed by atoms with van der Waals surface area (Å²) in [7, 11) is 0. The van der Waals surface area contributed by atoms with Crippen molar-refractivity contribution in [1.29, 1.82) is 0 Å². The first-order valence-corrected chi connectivity index (χ1v) is 8.42. The van der Waals surface area contributed by atoms with Gasteiger partial charge < -0.3 is 10.1 Å².